The van der Waals surface area contributed by atoms with E-state index in [0.717, 1.165) is 27.3 Å². The minimum Gasteiger partial charge on any atom is -0.346 e. The van der Waals surface area contributed by atoms with Crippen molar-refractivity contribution in [2.45, 2.75) is 31.3 Å². The van der Waals surface area contributed by atoms with Crippen LogP contribution < -0.4 is 10.2 Å². The molecule has 4 nitrogen and oxygen atoms in total. The van der Waals surface area contributed by atoms with Gasteiger partial charge in [0.15, 0.2) is 0 Å². The van der Waals surface area contributed by atoms with Gasteiger partial charge in [-0.1, -0.05) is 96.2 Å². The van der Waals surface area contributed by atoms with Gasteiger partial charge in [-0.05, 0) is 60.9 Å². The molecule has 0 aliphatic carbocycles. The molecule has 1 aliphatic rings. The molecule has 2 amide bonds. The number of amides is 2. The third kappa shape index (κ3) is 5.68. The van der Waals surface area contributed by atoms with Crippen molar-refractivity contribution in [1.82, 2.24) is 5.32 Å². The van der Waals surface area contributed by atoms with Gasteiger partial charge in [0.2, 0.25) is 0 Å². The number of benzene rings is 4. The molecule has 0 saturated carbocycles. The van der Waals surface area contributed by atoms with Crippen molar-refractivity contribution in [1.29, 1.82) is 0 Å². The first-order chi connectivity index (χ1) is 18.0. The van der Waals surface area contributed by atoms with Gasteiger partial charge in [-0.15, -0.1) is 0 Å². The van der Waals surface area contributed by atoms with Gasteiger partial charge in [-0.3, -0.25) is 9.59 Å². The summed E-state index contributed by atoms with van der Waals surface area (Å²) in [7, 11) is 0. The Morgan fingerprint density at radius 3 is 2.30 bits per heavy atom. The van der Waals surface area contributed by atoms with Gasteiger partial charge in [0.1, 0.15) is 0 Å². The smallest absolute Gasteiger partial charge is 0.265 e. The molecule has 5 rings (SSSR count). The van der Waals surface area contributed by atoms with E-state index < -0.39 is 0 Å². The number of anilines is 1. The maximum Gasteiger partial charge on any atom is 0.265 e. The Bertz CT molecular complexity index is 1440. The average molecular weight is 505 g/mol. The van der Waals surface area contributed by atoms with Gasteiger partial charge in [-0.25, -0.2) is 0 Å². The molecule has 1 aliphatic heterocycles. The van der Waals surface area contributed by atoms with Crippen molar-refractivity contribution in [3.63, 3.8) is 0 Å². The molecule has 1 N–H and O–H groups in total. The Morgan fingerprint density at radius 2 is 1.57 bits per heavy atom. The third-order valence-corrected chi connectivity index (χ3v) is 7.49. The zero-order chi connectivity index (χ0) is 25.8. The molecule has 0 bridgehead atoms. The number of carbonyl (C=O) groups is 2. The maximum atomic E-state index is 13.6. The second-order valence-electron chi connectivity index (χ2n) is 9.18. The summed E-state index contributed by atoms with van der Waals surface area (Å²) >= 11 is 1.48. The molecule has 4 aromatic carbocycles. The highest BCUT2D eigenvalue weighted by molar-refractivity contribution is 8.04. The van der Waals surface area contributed by atoms with Crippen LogP contribution in [0.1, 0.15) is 45.6 Å². The molecule has 0 saturated heterocycles. The average Bonchev–Trinajstić information content (AvgIpc) is 2.93. The SMILES string of the molecule is Cc1ccc(CN2C(=O)C(=Cc3ccc(C(=O)NC(C)c4ccccc4)cc3)Sc3ccccc32)cc1. The number of hydrogen-bond donors (Lipinski definition) is 1. The molecule has 184 valence electrons. The molecule has 0 fully saturated rings. The Labute approximate surface area is 222 Å². The van der Waals surface area contributed by atoms with Crippen molar-refractivity contribution in [2.75, 3.05) is 4.90 Å². The van der Waals surface area contributed by atoms with Crippen molar-refractivity contribution >= 4 is 35.3 Å². The standard InChI is InChI=1S/C32H28N2O2S/c1-22-12-14-25(15-13-22)21-34-28-10-6-7-11-29(28)37-30(32(34)36)20-24-16-18-27(19-17-24)31(35)33-23(2)26-8-4-3-5-9-26/h3-20,23H,21H2,1-2H3,(H,33,35). The van der Waals surface area contributed by atoms with Gasteiger partial charge in [0.25, 0.3) is 11.8 Å². The fraction of sp³-hybridized carbons (Fsp3) is 0.125. The third-order valence-electron chi connectivity index (χ3n) is 6.41. The van der Waals surface area contributed by atoms with Crippen molar-refractivity contribution in [2.24, 2.45) is 0 Å². The van der Waals surface area contributed by atoms with Crippen LogP contribution in [-0.2, 0) is 11.3 Å². The molecule has 1 unspecified atom stereocenters. The van der Waals surface area contributed by atoms with E-state index in [9.17, 15) is 9.59 Å². The van der Waals surface area contributed by atoms with Crippen LogP contribution in [0.5, 0.6) is 0 Å². The van der Waals surface area contributed by atoms with Crippen molar-refractivity contribution in [3.05, 3.63) is 136 Å². The zero-order valence-corrected chi connectivity index (χ0v) is 21.7. The van der Waals surface area contributed by atoms with E-state index in [1.54, 1.807) is 12.1 Å². The van der Waals surface area contributed by atoms with Gasteiger partial charge in [0.05, 0.1) is 23.2 Å². The van der Waals surface area contributed by atoms with E-state index in [1.165, 1.54) is 17.3 Å². The first-order valence-corrected chi connectivity index (χ1v) is 13.1. The number of nitrogens with zero attached hydrogens (tertiary/aromatic N) is 1. The summed E-state index contributed by atoms with van der Waals surface area (Å²) in [5, 5.41) is 3.04. The lowest BCUT2D eigenvalue weighted by molar-refractivity contribution is -0.114. The lowest BCUT2D eigenvalue weighted by atomic mass is 10.1. The summed E-state index contributed by atoms with van der Waals surface area (Å²) in [6, 6.07) is 33.4. The van der Waals surface area contributed by atoms with Crippen LogP contribution in [0.25, 0.3) is 6.08 Å². The largest absolute Gasteiger partial charge is 0.346 e. The first kappa shape index (κ1) is 24.6. The predicted molar refractivity (Wildman–Crippen MR) is 151 cm³/mol. The number of nitrogens with one attached hydrogen (secondary N) is 1. The van der Waals surface area contributed by atoms with Crippen molar-refractivity contribution in [3.8, 4) is 0 Å². The van der Waals surface area contributed by atoms with E-state index in [0.29, 0.717) is 17.0 Å². The zero-order valence-electron chi connectivity index (χ0n) is 20.8. The summed E-state index contributed by atoms with van der Waals surface area (Å²) in [4.78, 5) is 29.9. The van der Waals surface area contributed by atoms with E-state index in [4.69, 9.17) is 0 Å². The lowest BCUT2D eigenvalue weighted by Gasteiger charge is -2.30. The van der Waals surface area contributed by atoms with Crippen LogP contribution >= 0.6 is 11.8 Å². The van der Waals surface area contributed by atoms with Gasteiger partial charge in [-0.2, -0.15) is 0 Å². The normalized spacial score (nSPS) is 14.8. The monoisotopic (exact) mass is 504 g/mol. The number of carbonyl (C=O) groups excluding carboxylic acids is 2. The minimum atomic E-state index is -0.128. The molecule has 0 spiro atoms. The van der Waals surface area contributed by atoms with E-state index in [2.05, 4.69) is 36.5 Å². The number of fused-ring (bicyclic) bond motifs is 1. The molecule has 4 aromatic rings. The molecule has 1 atom stereocenters. The van der Waals surface area contributed by atoms with Crippen molar-refractivity contribution < 1.29 is 9.59 Å². The molecule has 1 heterocycles. The molecule has 0 radical (unpaired) electrons. The number of rotatable bonds is 6. The molecule has 0 aromatic heterocycles. The Kier molecular flexibility index (Phi) is 7.24. The summed E-state index contributed by atoms with van der Waals surface area (Å²) < 4.78 is 0. The van der Waals surface area contributed by atoms with Crippen LogP contribution in [-0.4, -0.2) is 11.8 Å². The van der Waals surface area contributed by atoms with E-state index in [-0.39, 0.29) is 17.9 Å². The van der Waals surface area contributed by atoms with Gasteiger partial charge < -0.3 is 10.2 Å². The quantitative estimate of drug-likeness (QED) is 0.283. The summed E-state index contributed by atoms with van der Waals surface area (Å²) in [6.07, 6.45) is 1.90. The summed E-state index contributed by atoms with van der Waals surface area (Å²) in [5.74, 6) is -0.153. The van der Waals surface area contributed by atoms with Crippen LogP contribution in [0.2, 0.25) is 0 Å². The Morgan fingerprint density at radius 1 is 0.892 bits per heavy atom. The number of aryl methyl sites for hydroxylation is 1. The summed E-state index contributed by atoms with van der Waals surface area (Å²) in [5.41, 5.74) is 5.71. The second-order valence-corrected chi connectivity index (χ2v) is 10.3. The number of para-hydroxylation sites is 1. The Hall–Kier alpha value is -4.09. The van der Waals surface area contributed by atoms with E-state index >= 15 is 0 Å². The van der Waals surface area contributed by atoms with Gasteiger partial charge >= 0.3 is 0 Å². The fourth-order valence-corrected chi connectivity index (χ4v) is 5.34. The first-order valence-electron chi connectivity index (χ1n) is 12.3. The second kappa shape index (κ2) is 10.9. The maximum absolute atomic E-state index is 13.6. The fourth-order valence-electron chi connectivity index (χ4n) is 4.28. The topological polar surface area (TPSA) is 49.4 Å². The summed E-state index contributed by atoms with van der Waals surface area (Å²) in [6.45, 7) is 4.53. The molecular weight excluding hydrogens is 476 g/mol. The number of hydrogen-bond acceptors (Lipinski definition) is 3. The molecule has 5 heteroatoms. The predicted octanol–water partition coefficient (Wildman–Crippen LogP) is 7.17. The van der Waals surface area contributed by atoms with Crippen LogP contribution in [0.4, 0.5) is 5.69 Å². The van der Waals surface area contributed by atoms with Crippen LogP contribution in [0.15, 0.2) is 113 Å². The lowest BCUT2D eigenvalue weighted by Crippen LogP contribution is -2.33. The highest BCUT2D eigenvalue weighted by atomic mass is 32.2. The minimum absolute atomic E-state index is 0.0252. The van der Waals surface area contributed by atoms with Crippen LogP contribution in [0.3, 0.4) is 0 Å². The highest BCUT2D eigenvalue weighted by Gasteiger charge is 2.29. The highest BCUT2D eigenvalue weighted by Crippen LogP contribution is 2.42. The number of thioether (sulfide) groups is 1. The molecule has 37 heavy (non-hydrogen) atoms. The van der Waals surface area contributed by atoms with E-state index in [1.807, 2.05) is 84.6 Å². The van der Waals surface area contributed by atoms with Gasteiger partial charge in [0, 0.05) is 10.5 Å². The Balaban J connectivity index is 1.35. The van der Waals surface area contributed by atoms with Crippen LogP contribution in [0, 0.1) is 6.92 Å². The molecular formula is C32H28N2O2S.